The van der Waals surface area contributed by atoms with E-state index in [0.717, 1.165) is 0 Å². The molecule has 2 nitrogen and oxygen atoms in total. The Morgan fingerprint density at radius 3 is 1.82 bits per heavy atom. The Kier molecular flexibility index (Phi) is 3.12. The number of hydrogen-bond donors (Lipinski definition) is 1. The van der Waals surface area contributed by atoms with Gasteiger partial charge in [0.05, 0.1) is 0 Å². The summed E-state index contributed by atoms with van der Waals surface area (Å²) >= 11 is 0. The van der Waals surface area contributed by atoms with Gasteiger partial charge < -0.3 is 0 Å². The summed E-state index contributed by atoms with van der Waals surface area (Å²) in [5.41, 5.74) is 0. The lowest BCUT2D eigenvalue weighted by atomic mass is 10.2. The van der Waals surface area contributed by atoms with Crippen molar-refractivity contribution in [1.82, 2.24) is 0 Å². The highest BCUT2D eigenvalue weighted by Crippen LogP contribution is 2.19. The summed E-state index contributed by atoms with van der Waals surface area (Å²) in [6.07, 6.45) is 0. The maximum atomic E-state index is 11.7. The topological polar surface area (TPSA) is 40.9 Å². The van der Waals surface area contributed by atoms with Crippen LogP contribution in [0.5, 0.6) is 0 Å². The Bertz CT molecular complexity index is 209. The molecular formula is C8H19NOS. The molecule has 0 aliphatic carbocycles. The molecule has 0 aliphatic rings. The lowest BCUT2D eigenvalue weighted by Crippen LogP contribution is -2.30. The van der Waals surface area contributed by atoms with E-state index in [2.05, 4.69) is 0 Å². The van der Waals surface area contributed by atoms with E-state index in [1.165, 1.54) is 0 Å². The van der Waals surface area contributed by atoms with Crippen LogP contribution >= 0.6 is 0 Å². The fourth-order valence-corrected chi connectivity index (χ4v) is 2.16. The third kappa shape index (κ3) is 3.23. The fraction of sp³-hybridized carbons (Fsp3) is 1.00. The van der Waals surface area contributed by atoms with E-state index < -0.39 is 9.73 Å². The van der Waals surface area contributed by atoms with Crippen LogP contribution in [0, 0.1) is 10.7 Å². The third-order valence-corrected chi connectivity index (χ3v) is 4.67. The first-order valence-electron chi connectivity index (χ1n) is 3.93. The van der Waals surface area contributed by atoms with Crippen molar-refractivity contribution < 1.29 is 4.21 Å². The van der Waals surface area contributed by atoms with Crippen molar-refractivity contribution in [2.75, 3.05) is 5.75 Å². The van der Waals surface area contributed by atoms with Gasteiger partial charge in [0.1, 0.15) is 0 Å². The monoisotopic (exact) mass is 177 g/mol. The van der Waals surface area contributed by atoms with Gasteiger partial charge in [-0.3, -0.25) is 4.78 Å². The van der Waals surface area contributed by atoms with Crippen molar-refractivity contribution in [2.45, 2.75) is 39.4 Å². The summed E-state index contributed by atoms with van der Waals surface area (Å²) < 4.78 is 18.9. The Balaban J connectivity index is 4.51. The molecule has 0 aromatic rings. The fourth-order valence-electron chi connectivity index (χ4n) is 0.719. The summed E-state index contributed by atoms with van der Waals surface area (Å²) in [7, 11) is -2.40. The number of nitrogens with one attached hydrogen (secondary N) is 1. The van der Waals surface area contributed by atoms with E-state index >= 15 is 0 Å². The molecule has 0 bridgehead atoms. The molecule has 0 amide bonds. The van der Waals surface area contributed by atoms with Crippen LogP contribution in [0.2, 0.25) is 0 Å². The van der Waals surface area contributed by atoms with Crippen molar-refractivity contribution in [3.63, 3.8) is 0 Å². The molecule has 0 saturated heterocycles. The lowest BCUT2D eigenvalue weighted by Gasteiger charge is -2.23. The van der Waals surface area contributed by atoms with Gasteiger partial charge in [0, 0.05) is 20.2 Å². The second kappa shape index (κ2) is 3.13. The molecule has 0 aliphatic heterocycles. The minimum absolute atomic E-state index is 0.347. The molecule has 0 aromatic carbocycles. The second-order valence-corrected chi connectivity index (χ2v) is 7.26. The van der Waals surface area contributed by atoms with Crippen LogP contribution in [-0.2, 0) is 9.73 Å². The van der Waals surface area contributed by atoms with Crippen LogP contribution in [0.25, 0.3) is 0 Å². The molecule has 1 unspecified atom stereocenters. The highest BCUT2D eigenvalue weighted by Gasteiger charge is 2.25. The summed E-state index contributed by atoms with van der Waals surface area (Å²) in [5.74, 6) is 0.857. The van der Waals surface area contributed by atoms with Gasteiger partial charge in [0.25, 0.3) is 0 Å². The van der Waals surface area contributed by atoms with Crippen molar-refractivity contribution in [1.29, 1.82) is 4.78 Å². The molecule has 1 atom stereocenters. The SMILES string of the molecule is CC(C)CS(=N)(=O)C(C)(C)C. The largest absolute Gasteiger partial charge is 0.252 e. The molecule has 0 rings (SSSR count). The van der Waals surface area contributed by atoms with Crippen LogP contribution in [0.3, 0.4) is 0 Å². The van der Waals surface area contributed by atoms with Gasteiger partial charge >= 0.3 is 0 Å². The van der Waals surface area contributed by atoms with Gasteiger partial charge in [-0.1, -0.05) is 13.8 Å². The summed E-state index contributed by atoms with van der Waals surface area (Å²) in [4.78, 5) is 0. The van der Waals surface area contributed by atoms with Crippen molar-refractivity contribution in [3.05, 3.63) is 0 Å². The molecule has 0 aromatic heterocycles. The average molecular weight is 177 g/mol. The first kappa shape index (κ1) is 11.0. The van der Waals surface area contributed by atoms with Gasteiger partial charge in [-0.15, -0.1) is 0 Å². The smallest absolute Gasteiger partial charge is 0.0493 e. The van der Waals surface area contributed by atoms with E-state index in [4.69, 9.17) is 4.78 Å². The molecule has 0 spiro atoms. The molecule has 1 N–H and O–H groups in total. The molecule has 3 heteroatoms. The summed E-state index contributed by atoms with van der Waals surface area (Å²) in [6, 6.07) is 0. The van der Waals surface area contributed by atoms with Crippen LogP contribution in [0.1, 0.15) is 34.6 Å². The highest BCUT2D eigenvalue weighted by atomic mass is 32.2. The normalized spacial score (nSPS) is 18.4. The van der Waals surface area contributed by atoms with Crippen LogP contribution in [-0.4, -0.2) is 14.7 Å². The number of rotatable bonds is 2. The molecule has 0 radical (unpaired) electrons. The van der Waals surface area contributed by atoms with Gasteiger partial charge in [-0.25, -0.2) is 4.21 Å². The molecule has 0 saturated carbocycles. The van der Waals surface area contributed by atoms with Crippen LogP contribution < -0.4 is 0 Å². The molecular weight excluding hydrogens is 158 g/mol. The minimum Gasteiger partial charge on any atom is -0.252 e. The van der Waals surface area contributed by atoms with Crippen molar-refractivity contribution in [2.24, 2.45) is 5.92 Å². The van der Waals surface area contributed by atoms with Crippen LogP contribution in [0.4, 0.5) is 0 Å². The molecule has 0 heterocycles. The third-order valence-electron chi connectivity index (χ3n) is 1.56. The Morgan fingerprint density at radius 1 is 1.36 bits per heavy atom. The zero-order valence-electron chi connectivity index (χ0n) is 8.10. The summed E-state index contributed by atoms with van der Waals surface area (Å²) in [5, 5.41) is 0. The van der Waals surface area contributed by atoms with Gasteiger partial charge in [0.15, 0.2) is 0 Å². The predicted octanol–water partition coefficient (Wildman–Crippen LogP) is 2.49. The van der Waals surface area contributed by atoms with E-state index in [9.17, 15) is 4.21 Å². The van der Waals surface area contributed by atoms with E-state index in [-0.39, 0.29) is 4.75 Å². The maximum Gasteiger partial charge on any atom is 0.0493 e. The standard InChI is InChI=1S/C8H19NOS/c1-7(2)6-11(9,10)8(3,4)5/h7,9H,6H2,1-5H3. The van der Waals surface area contributed by atoms with Gasteiger partial charge in [-0.05, 0) is 26.7 Å². The molecule has 11 heavy (non-hydrogen) atoms. The lowest BCUT2D eigenvalue weighted by molar-refractivity contribution is 0.619. The summed E-state index contributed by atoms with van der Waals surface area (Å²) in [6.45, 7) is 9.60. The first-order chi connectivity index (χ1) is 4.67. The zero-order chi connectivity index (χ0) is 9.28. The molecule has 0 fully saturated rings. The van der Waals surface area contributed by atoms with Crippen LogP contribution in [0.15, 0.2) is 0 Å². The van der Waals surface area contributed by atoms with E-state index in [1.807, 2.05) is 34.6 Å². The Labute approximate surface area is 70.4 Å². The van der Waals surface area contributed by atoms with E-state index in [1.54, 1.807) is 0 Å². The Hall–Kier alpha value is -0.0500. The zero-order valence-corrected chi connectivity index (χ0v) is 8.92. The van der Waals surface area contributed by atoms with Crippen molar-refractivity contribution >= 4 is 9.73 Å². The highest BCUT2D eigenvalue weighted by molar-refractivity contribution is 7.93. The average Bonchev–Trinajstić information content (AvgIpc) is 1.56. The minimum atomic E-state index is -2.40. The van der Waals surface area contributed by atoms with Gasteiger partial charge in [0.2, 0.25) is 0 Å². The van der Waals surface area contributed by atoms with Crippen molar-refractivity contribution in [3.8, 4) is 0 Å². The van der Waals surface area contributed by atoms with Gasteiger partial charge in [-0.2, -0.15) is 0 Å². The molecule has 68 valence electrons. The Morgan fingerprint density at radius 2 is 1.73 bits per heavy atom. The quantitative estimate of drug-likeness (QED) is 0.691. The maximum absolute atomic E-state index is 11.7. The number of hydrogen-bond acceptors (Lipinski definition) is 2. The second-order valence-electron chi connectivity index (χ2n) is 4.35. The van der Waals surface area contributed by atoms with E-state index in [0.29, 0.717) is 11.7 Å². The first-order valence-corrected chi connectivity index (χ1v) is 5.65. The predicted molar refractivity (Wildman–Crippen MR) is 50.3 cm³/mol.